The molecule has 0 heterocycles. The van der Waals surface area contributed by atoms with Gasteiger partial charge >= 0.3 is 0 Å². The van der Waals surface area contributed by atoms with E-state index >= 15 is 0 Å². The molecule has 0 aromatic heterocycles. The summed E-state index contributed by atoms with van der Waals surface area (Å²) < 4.78 is 11.3. The van der Waals surface area contributed by atoms with Crippen molar-refractivity contribution in [1.29, 1.82) is 0 Å². The molecule has 1 N–H and O–H groups in total. The molecule has 1 amide bonds. The lowest BCUT2D eigenvalue weighted by Crippen LogP contribution is -2.46. The third-order valence-electron chi connectivity index (χ3n) is 4.58. The summed E-state index contributed by atoms with van der Waals surface area (Å²) in [4.78, 5) is 12.1. The van der Waals surface area contributed by atoms with Crippen LogP contribution >= 0.6 is 0 Å². The van der Waals surface area contributed by atoms with E-state index in [-0.39, 0.29) is 18.1 Å². The van der Waals surface area contributed by atoms with Crippen molar-refractivity contribution < 1.29 is 14.3 Å². The SMILES string of the molecule is COC1(CNC(=O)COc2ccc(C)cc2)Cc2ccccc2C1. The molecule has 1 aliphatic rings. The Morgan fingerprint density at radius 3 is 2.29 bits per heavy atom. The quantitative estimate of drug-likeness (QED) is 0.888. The van der Waals surface area contributed by atoms with Gasteiger partial charge in [0.2, 0.25) is 0 Å². The largest absolute Gasteiger partial charge is 0.484 e. The molecule has 0 aliphatic heterocycles. The monoisotopic (exact) mass is 325 g/mol. The fourth-order valence-electron chi connectivity index (χ4n) is 3.09. The summed E-state index contributed by atoms with van der Waals surface area (Å²) in [6.07, 6.45) is 1.64. The zero-order valence-electron chi connectivity index (χ0n) is 14.2. The van der Waals surface area contributed by atoms with Gasteiger partial charge in [0, 0.05) is 26.5 Å². The van der Waals surface area contributed by atoms with Crippen molar-refractivity contribution in [1.82, 2.24) is 5.32 Å². The molecule has 0 fully saturated rings. The predicted molar refractivity (Wildman–Crippen MR) is 93.3 cm³/mol. The van der Waals surface area contributed by atoms with Crippen molar-refractivity contribution in [2.45, 2.75) is 25.4 Å². The van der Waals surface area contributed by atoms with E-state index < -0.39 is 0 Å². The molecular weight excluding hydrogens is 302 g/mol. The summed E-state index contributed by atoms with van der Waals surface area (Å²) in [5.74, 6) is 0.563. The Labute approximate surface area is 142 Å². The average molecular weight is 325 g/mol. The van der Waals surface area contributed by atoms with Crippen molar-refractivity contribution in [3.05, 3.63) is 65.2 Å². The maximum atomic E-state index is 12.1. The highest BCUT2D eigenvalue weighted by Crippen LogP contribution is 2.32. The fourth-order valence-corrected chi connectivity index (χ4v) is 3.09. The topological polar surface area (TPSA) is 47.6 Å². The molecule has 24 heavy (non-hydrogen) atoms. The van der Waals surface area contributed by atoms with Crippen molar-refractivity contribution >= 4 is 5.91 Å². The molecule has 4 heteroatoms. The van der Waals surface area contributed by atoms with Gasteiger partial charge in [0.05, 0.1) is 5.60 Å². The van der Waals surface area contributed by atoms with Crippen LogP contribution in [0.1, 0.15) is 16.7 Å². The first kappa shape index (κ1) is 16.5. The molecule has 0 bridgehead atoms. The van der Waals surface area contributed by atoms with Crippen LogP contribution in [-0.4, -0.2) is 31.8 Å². The van der Waals surface area contributed by atoms with E-state index in [9.17, 15) is 4.79 Å². The van der Waals surface area contributed by atoms with Crippen molar-refractivity contribution in [3.63, 3.8) is 0 Å². The molecule has 0 unspecified atom stereocenters. The van der Waals surface area contributed by atoms with Gasteiger partial charge in [0.1, 0.15) is 5.75 Å². The summed E-state index contributed by atoms with van der Waals surface area (Å²) >= 11 is 0. The van der Waals surface area contributed by atoms with E-state index in [1.807, 2.05) is 43.3 Å². The van der Waals surface area contributed by atoms with Gasteiger partial charge in [-0.05, 0) is 30.2 Å². The number of fused-ring (bicyclic) bond motifs is 1. The first-order valence-corrected chi connectivity index (χ1v) is 8.18. The van der Waals surface area contributed by atoms with Gasteiger partial charge in [-0.25, -0.2) is 0 Å². The Morgan fingerprint density at radius 2 is 1.71 bits per heavy atom. The summed E-state index contributed by atoms with van der Waals surface area (Å²) in [7, 11) is 1.71. The van der Waals surface area contributed by atoms with Gasteiger partial charge in [-0.3, -0.25) is 4.79 Å². The summed E-state index contributed by atoms with van der Waals surface area (Å²) in [6, 6.07) is 16.0. The van der Waals surface area contributed by atoms with Crippen LogP contribution in [0.2, 0.25) is 0 Å². The van der Waals surface area contributed by atoms with E-state index in [4.69, 9.17) is 9.47 Å². The maximum Gasteiger partial charge on any atom is 0.258 e. The highest BCUT2D eigenvalue weighted by atomic mass is 16.5. The second-order valence-electron chi connectivity index (χ2n) is 6.39. The number of carbonyl (C=O) groups excluding carboxylic acids is 1. The van der Waals surface area contributed by atoms with E-state index in [0.29, 0.717) is 12.3 Å². The Morgan fingerprint density at radius 1 is 1.08 bits per heavy atom. The van der Waals surface area contributed by atoms with E-state index in [1.54, 1.807) is 7.11 Å². The zero-order chi connectivity index (χ0) is 17.0. The molecule has 0 radical (unpaired) electrons. The first-order chi connectivity index (χ1) is 11.6. The molecule has 4 nitrogen and oxygen atoms in total. The first-order valence-electron chi connectivity index (χ1n) is 8.18. The fraction of sp³-hybridized carbons (Fsp3) is 0.350. The number of ether oxygens (including phenoxy) is 2. The second kappa shape index (κ2) is 7.05. The summed E-state index contributed by atoms with van der Waals surface area (Å²) in [5, 5.41) is 2.94. The van der Waals surface area contributed by atoms with Crippen LogP contribution < -0.4 is 10.1 Å². The van der Waals surface area contributed by atoms with Crippen LogP contribution in [0.3, 0.4) is 0 Å². The highest BCUT2D eigenvalue weighted by molar-refractivity contribution is 5.77. The lowest BCUT2D eigenvalue weighted by atomic mass is 10.00. The van der Waals surface area contributed by atoms with Gasteiger partial charge in [-0.1, -0.05) is 42.0 Å². The van der Waals surface area contributed by atoms with Crippen LogP contribution in [0.5, 0.6) is 5.75 Å². The van der Waals surface area contributed by atoms with Crippen LogP contribution in [0.15, 0.2) is 48.5 Å². The number of amides is 1. The minimum absolute atomic E-state index is 0.00973. The van der Waals surface area contributed by atoms with Gasteiger partial charge in [-0.2, -0.15) is 0 Å². The van der Waals surface area contributed by atoms with Crippen molar-refractivity contribution in [3.8, 4) is 5.75 Å². The van der Waals surface area contributed by atoms with Gasteiger partial charge in [0.15, 0.2) is 6.61 Å². The molecule has 126 valence electrons. The Balaban J connectivity index is 1.51. The Kier molecular flexibility index (Phi) is 4.86. The maximum absolute atomic E-state index is 12.1. The molecule has 1 aliphatic carbocycles. The third kappa shape index (κ3) is 3.77. The second-order valence-corrected chi connectivity index (χ2v) is 6.39. The van der Waals surface area contributed by atoms with Crippen LogP contribution in [0.4, 0.5) is 0 Å². The lowest BCUT2D eigenvalue weighted by molar-refractivity contribution is -0.124. The minimum atomic E-state index is -0.358. The summed E-state index contributed by atoms with van der Waals surface area (Å²) in [6.45, 7) is 2.50. The number of aryl methyl sites for hydroxylation is 1. The molecule has 2 aromatic rings. The van der Waals surface area contributed by atoms with Crippen molar-refractivity contribution in [2.75, 3.05) is 20.3 Å². The number of hydrogen-bond acceptors (Lipinski definition) is 3. The highest BCUT2D eigenvalue weighted by Gasteiger charge is 2.37. The summed E-state index contributed by atoms with van der Waals surface area (Å²) in [5.41, 5.74) is 3.40. The number of carbonyl (C=O) groups is 1. The minimum Gasteiger partial charge on any atom is -0.484 e. The Bertz CT molecular complexity index is 684. The van der Waals surface area contributed by atoms with E-state index in [2.05, 4.69) is 17.4 Å². The smallest absolute Gasteiger partial charge is 0.258 e. The van der Waals surface area contributed by atoms with Crippen molar-refractivity contribution in [2.24, 2.45) is 0 Å². The van der Waals surface area contributed by atoms with Crippen LogP contribution in [0.25, 0.3) is 0 Å². The number of nitrogens with one attached hydrogen (secondary N) is 1. The lowest BCUT2D eigenvalue weighted by Gasteiger charge is -2.27. The molecule has 0 saturated carbocycles. The van der Waals surface area contributed by atoms with Gasteiger partial charge in [-0.15, -0.1) is 0 Å². The number of benzene rings is 2. The van der Waals surface area contributed by atoms with Gasteiger partial charge in [0.25, 0.3) is 5.91 Å². The number of methoxy groups -OCH3 is 1. The van der Waals surface area contributed by atoms with Crippen LogP contribution in [0, 0.1) is 6.92 Å². The average Bonchev–Trinajstić information content (AvgIpc) is 2.99. The van der Waals surface area contributed by atoms with E-state index in [0.717, 1.165) is 18.4 Å². The molecule has 0 atom stereocenters. The number of rotatable bonds is 6. The molecule has 3 rings (SSSR count). The molecule has 2 aromatic carbocycles. The van der Waals surface area contributed by atoms with Gasteiger partial charge < -0.3 is 14.8 Å². The Hall–Kier alpha value is -2.33. The molecule has 0 saturated heterocycles. The number of hydrogen-bond donors (Lipinski definition) is 1. The normalized spacial score (nSPS) is 14.9. The molecule has 0 spiro atoms. The molecular formula is C20H23NO3. The van der Waals surface area contributed by atoms with Crippen LogP contribution in [-0.2, 0) is 22.4 Å². The third-order valence-corrected chi connectivity index (χ3v) is 4.58. The predicted octanol–water partition coefficient (Wildman–Crippen LogP) is 2.67. The standard InChI is InChI=1S/C20H23NO3/c1-15-7-9-18(10-8-15)24-13-19(22)21-14-20(23-2)11-16-5-3-4-6-17(16)12-20/h3-10H,11-14H2,1-2H3,(H,21,22). The van der Waals surface area contributed by atoms with E-state index in [1.165, 1.54) is 11.1 Å². The zero-order valence-corrected chi connectivity index (χ0v) is 14.2.